The Morgan fingerprint density at radius 2 is 1.65 bits per heavy atom. The first-order valence-electron chi connectivity index (χ1n) is 21.2. The maximum Gasteiger partial charge on any atom is 0.306 e. The molecular formula is C46H73N5O4. The summed E-state index contributed by atoms with van der Waals surface area (Å²) in [5.41, 5.74) is 7.05. The average Bonchev–Trinajstić information content (AvgIpc) is 3.74. The lowest BCUT2D eigenvalue weighted by atomic mass is 9.36. The number of aliphatic hydroxyl groups excluding tert-OH is 1. The van der Waals surface area contributed by atoms with E-state index in [2.05, 4.69) is 101 Å². The third kappa shape index (κ3) is 6.36. The molecule has 0 bridgehead atoms. The summed E-state index contributed by atoms with van der Waals surface area (Å²) in [6.45, 7) is 32.0. The van der Waals surface area contributed by atoms with Gasteiger partial charge < -0.3 is 20.3 Å². The monoisotopic (exact) mass is 760 g/mol. The van der Waals surface area contributed by atoms with Crippen molar-refractivity contribution in [2.45, 2.75) is 165 Å². The zero-order valence-corrected chi connectivity index (χ0v) is 36.6. The van der Waals surface area contributed by atoms with Crippen LogP contribution in [0.2, 0.25) is 0 Å². The number of pyridine rings is 1. The van der Waals surface area contributed by atoms with Crippen molar-refractivity contribution in [3.05, 3.63) is 42.5 Å². The van der Waals surface area contributed by atoms with Gasteiger partial charge in [0.1, 0.15) is 11.9 Å². The Morgan fingerprint density at radius 3 is 2.25 bits per heavy atom. The van der Waals surface area contributed by atoms with Gasteiger partial charge in [-0.25, -0.2) is 9.67 Å². The number of carbonyl (C=O) groups is 1. The summed E-state index contributed by atoms with van der Waals surface area (Å²) in [6.07, 6.45) is 12.0. The van der Waals surface area contributed by atoms with E-state index in [0.717, 1.165) is 43.5 Å². The highest BCUT2D eigenvalue weighted by Crippen LogP contribution is 2.73. The van der Waals surface area contributed by atoms with E-state index in [4.69, 9.17) is 25.3 Å². The van der Waals surface area contributed by atoms with Crippen LogP contribution in [-0.4, -0.2) is 60.8 Å². The molecule has 9 heteroatoms. The third-order valence-electron chi connectivity index (χ3n) is 17.2. The van der Waals surface area contributed by atoms with Gasteiger partial charge in [-0.3, -0.25) is 9.78 Å². The van der Waals surface area contributed by atoms with Gasteiger partial charge in [0.25, 0.3) is 0 Å². The molecule has 3 fully saturated rings. The Labute approximate surface area is 332 Å². The first-order chi connectivity index (χ1) is 25.4. The molecule has 3 aliphatic carbocycles. The summed E-state index contributed by atoms with van der Waals surface area (Å²) >= 11 is 0. The van der Waals surface area contributed by atoms with Gasteiger partial charge in [-0.2, -0.15) is 5.10 Å². The summed E-state index contributed by atoms with van der Waals surface area (Å²) in [4.78, 5) is 22.2. The number of allylic oxidation sites excluding steroid dienone is 1. The lowest BCUT2D eigenvalue weighted by Gasteiger charge is -2.68. The van der Waals surface area contributed by atoms with Crippen LogP contribution in [0.4, 0.5) is 0 Å². The number of aromatic nitrogens is 4. The van der Waals surface area contributed by atoms with Crippen molar-refractivity contribution < 1.29 is 19.4 Å². The fraction of sp³-hybridized carbons (Fsp3) is 0.783. The van der Waals surface area contributed by atoms with Crippen molar-refractivity contribution in [1.82, 2.24) is 19.7 Å². The Kier molecular flexibility index (Phi) is 10.7. The number of nitrogens with zero attached hydrogens (tertiary/aromatic N) is 4. The second-order valence-electron chi connectivity index (χ2n) is 21.3. The summed E-state index contributed by atoms with van der Waals surface area (Å²) in [6, 6.07) is 3.72. The van der Waals surface area contributed by atoms with E-state index in [1.165, 1.54) is 5.57 Å². The van der Waals surface area contributed by atoms with Gasteiger partial charge in [0.15, 0.2) is 5.82 Å². The van der Waals surface area contributed by atoms with E-state index < -0.39 is 28.1 Å². The molecule has 306 valence electrons. The highest BCUT2D eigenvalue weighted by atomic mass is 16.6. The number of esters is 1. The Hall–Kier alpha value is -2.62. The molecule has 9 nitrogen and oxygen atoms in total. The van der Waals surface area contributed by atoms with E-state index >= 15 is 0 Å². The highest BCUT2D eigenvalue weighted by Gasteiger charge is 2.71. The molecule has 0 spiro atoms. The van der Waals surface area contributed by atoms with E-state index in [1.54, 1.807) is 18.7 Å². The Morgan fingerprint density at radius 1 is 1.00 bits per heavy atom. The van der Waals surface area contributed by atoms with Crippen molar-refractivity contribution in [2.24, 2.45) is 62.4 Å². The maximum atomic E-state index is 13.3. The molecule has 1 saturated heterocycles. The topological polar surface area (TPSA) is 125 Å². The molecule has 1 aliphatic heterocycles. The summed E-state index contributed by atoms with van der Waals surface area (Å²) in [5, 5.41) is 17.0. The standard InChI is InChI=1S/C46H73N5O4/c1-28(2)29(3)46-22-21-42(11)33-15-16-35(45(14,31(5)52)34(33)17-20-43(42,12)36(46)25-37(53)55-46)41(9,10)38(54-26-44(13,47)40(6,7)8)30(4)51-39(49-27-50-51)32-18-23-48-24-19-32/h17-19,23-24,27-31,33,35-36,38,52H,15-16,20-22,25-26,47H2,1-14H3. The number of rotatable bonds is 11. The molecule has 2 aromatic rings. The van der Waals surface area contributed by atoms with Gasteiger partial charge in [-0.05, 0) is 110 Å². The molecule has 0 radical (unpaired) electrons. The highest BCUT2D eigenvalue weighted by molar-refractivity contribution is 5.73. The van der Waals surface area contributed by atoms with Gasteiger partial charge in [0.05, 0.1) is 31.3 Å². The molecule has 12 atom stereocenters. The predicted molar refractivity (Wildman–Crippen MR) is 219 cm³/mol. The van der Waals surface area contributed by atoms with Crippen LogP contribution in [0.15, 0.2) is 42.5 Å². The summed E-state index contributed by atoms with van der Waals surface area (Å²) in [5.74, 6) is 1.98. The number of aliphatic hydroxyl groups is 1. The average molecular weight is 760 g/mol. The van der Waals surface area contributed by atoms with Crippen molar-refractivity contribution in [3.63, 3.8) is 0 Å². The normalized spacial score (nSPS) is 35.8. The minimum atomic E-state index is -0.595. The minimum Gasteiger partial charge on any atom is -0.458 e. The largest absolute Gasteiger partial charge is 0.458 e. The first kappa shape index (κ1) is 42.0. The molecule has 2 saturated carbocycles. The van der Waals surface area contributed by atoms with E-state index in [1.807, 2.05) is 23.7 Å². The van der Waals surface area contributed by atoms with Crippen molar-refractivity contribution >= 4 is 5.97 Å². The first-order valence-corrected chi connectivity index (χ1v) is 21.2. The number of carbonyl (C=O) groups excluding carboxylic acids is 1. The minimum absolute atomic E-state index is 0.0308. The predicted octanol–water partition coefficient (Wildman–Crippen LogP) is 9.22. The van der Waals surface area contributed by atoms with Crippen molar-refractivity contribution in [1.29, 1.82) is 0 Å². The summed E-state index contributed by atoms with van der Waals surface area (Å²) < 4.78 is 15.7. The van der Waals surface area contributed by atoms with Crippen LogP contribution >= 0.6 is 0 Å². The van der Waals surface area contributed by atoms with Crippen LogP contribution in [0.5, 0.6) is 0 Å². The molecular weight excluding hydrogens is 687 g/mol. The second-order valence-corrected chi connectivity index (χ2v) is 21.3. The van der Waals surface area contributed by atoms with Crippen LogP contribution in [0.25, 0.3) is 11.4 Å². The second kappa shape index (κ2) is 14.0. The maximum absolute atomic E-state index is 13.3. The number of ether oxygens (including phenoxy) is 2. The molecule has 0 aromatic carbocycles. The van der Waals surface area contributed by atoms with E-state index in [-0.39, 0.29) is 52.1 Å². The zero-order chi connectivity index (χ0) is 40.7. The Bertz CT molecular complexity index is 1740. The van der Waals surface area contributed by atoms with Crippen LogP contribution in [-0.2, 0) is 14.3 Å². The Balaban J connectivity index is 1.42. The van der Waals surface area contributed by atoms with Gasteiger partial charge in [0.2, 0.25) is 0 Å². The molecule has 0 amide bonds. The number of hydrogen-bond acceptors (Lipinski definition) is 8. The van der Waals surface area contributed by atoms with Gasteiger partial charge >= 0.3 is 5.97 Å². The van der Waals surface area contributed by atoms with Crippen LogP contribution < -0.4 is 5.73 Å². The smallest absolute Gasteiger partial charge is 0.306 e. The number of fused-ring (bicyclic) bond motifs is 5. The lowest BCUT2D eigenvalue weighted by molar-refractivity contribution is -0.205. The molecule has 4 aliphatic rings. The van der Waals surface area contributed by atoms with E-state index in [9.17, 15) is 9.90 Å². The van der Waals surface area contributed by atoms with Crippen LogP contribution in [0, 0.1) is 56.7 Å². The molecule has 6 rings (SSSR count). The quantitative estimate of drug-likeness (QED) is 0.172. The van der Waals surface area contributed by atoms with Crippen LogP contribution in [0.3, 0.4) is 0 Å². The van der Waals surface area contributed by atoms with Crippen LogP contribution in [0.1, 0.15) is 141 Å². The number of nitrogens with two attached hydrogens (primary N) is 1. The lowest BCUT2D eigenvalue weighted by Crippen LogP contribution is -2.65. The third-order valence-corrected chi connectivity index (χ3v) is 17.2. The van der Waals surface area contributed by atoms with Gasteiger partial charge in [-0.1, -0.05) is 87.8 Å². The molecule has 3 N–H and O–H groups in total. The summed E-state index contributed by atoms with van der Waals surface area (Å²) in [7, 11) is 0. The SMILES string of the molecule is CC(C)C(C)C12CCC3(C)C4CCC(C(C)(C)C(OCC(C)(N)C(C)(C)C)C(C)n5ncnc5-c5ccncc5)C(C)(C(C)O)C4=CCC3(C)C1CC(=O)O2. The van der Waals surface area contributed by atoms with Crippen molar-refractivity contribution in [2.75, 3.05) is 6.61 Å². The molecule has 3 heterocycles. The van der Waals surface area contributed by atoms with Crippen molar-refractivity contribution in [3.8, 4) is 11.4 Å². The molecule has 55 heavy (non-hydrogen) atoms. The fourth-order valence-electron chi connectivity index (χ4n) is 12.4. The zero-order valence-electron chi connectivity index (χ0n) is 36.6. The molecule has 2 aromatic heterocycles. The van der Waals surface area contributed by atoms with E-state index in [0.29, 0.717) is 24.9 Å². The van der Waals surface area contributed by atoms with Gasteiger partial charge in [-0.15, -0.1) is 0 Å². The fourth-order valence-corrected chi connectivity index (χ4v) is 12.4. The number of hydrogen-bond donors (Lipinski definition) is 2. The van der Waals surface area contributed by atoms with Gasteiger partial charge in [0, 0.05) is 34.8 Å². The molecule has 12 unspecified atom stereocenters.